The van der Waals surface area contributed by atoms with Crippen LogP contribution in [0, 0.1) is 10.1 Å². The summed E-state index contributed by atoms with van der Waals surface area (Å²) in [5.74, 6) is -2.75. The molecule has 0 radical (unpaired) electrons. The van der Waals surface area contributed by atoms with Crippen molar-refractivity contribution in [2.45, 2.75) is 6.04 Å². The van der Waals surface area contributed by atoms with Crippen molar-refractivity contribution in [1.29, 1.82) is 0 Å². The zero-order chi connectivity index (χ0) is 15.3. The molecule has 0 saturated heterocycles. The van der Waals surface area contributed by atoms with E-state index in [2.05, 4.69) is 5.32 Å². The topological polar surface area (TPSA) is 150 Å². The number of nitrogens with one attached hydrogen (secondary N) is 1. The number of phenols is 1. The predicted molar refractivity (Wildman–Crippen MR) is 64.9 cm³/mol. The van der Waals surface area contributed by atoms with E-state index in [1.165, 1.54) is 0 Å². The van der Waals surface area contributed by atoms with E-state index in [9.17, 15) is 24.8 Å². The van der Waals surface area contributed by atoms with E-state index in [-0.39, 0.29) is 5.56 Å². The van der Waals surface area contributed by atoms with E-state index in [0.29, 0.717) is 0 Å². The zero-order valence-electron chi connectivity index (χ0n) is 10.1. The quantitative estimate of drug-likeness (QED) is 0.395. The number of amides is 2. The van der Waals surface area contributed by atoms with Gasteiger partial charge in [0.25, 0.3) is 5.91 Å². The number of hydrogen-bond donors (Lipinski definition) is 4. The number of nitro groups is 1. The van der Waals surface area contributed by atoms with Gasteiger partial charge in [0, 0.05) is 5.56 Å². The van der Waals surface area contributed by atoms with Crippen molar-refractivity contribution in [2.75, 3.05) is 13.2 Å². The first kappa shape index (κ1) is 15.5. The van der Waals surface area contributed by atoms with Gasteiger partial charge in [-0.15, -0.1) is 0 Å². The van der Waals surface area contributed by atoms with Crippen LogP contribution in [0.25, 0.3) is 0 Å². The molecule has 0 fully saturated rings. The minimum absolute atomic E-state index is 0.206. The van der Waals surface area contributed by atoms with Gasteiger partial charge >= 0.3 is 5.91 Å². The first-order chi connectivity index (χ1) is 9.38. The van der Waals surface area contributed by atoms with Crippen LogP contribution in [-0.2, 0) is 0 Å². The lowest BCUT2D eigenvalue weighted by molar-refractivity contribution is -0.375. The normalized spacial score (nSPS) is 10.3. The molecule has 9 heteroatoms. The Labute approximate surface area is 112 Å². The van der Waals surface area contributed by atoms with Crippen LogP contribution < -0.4 is 5.32 Å². The molecular formula is C11H12N2O7. The van der Waals surface area contributed by atoms with Gasteiger partial charge in [0.1, 0.15) is 16.2 Å². The molecule has 9 nitrogen and oxygen atoms in total. The van der Waals surface area contributed by atoms with Crippen LogP contribution in [0.4, 0.5) is 0 Å². The maximum Gasteiger partial charge on any atom is 0.476 e. The number of phenolic OH excluding ortho intramolecular Hbond substituents is 1. The Morgan fingerprint density at radius 3 is 2.25 bits per heavy atom. The standard InChI is InChI=1S/C11H12N2O7/c14-4-8(5-15)12-10(17)6-1-7(3-9(16)2-6)11(18)13(19)20/h1-3,8,14-16H,4-5H2,(H,12,17). The summed E-state index contributed by atoms with van der Waals surface area (Å²) < 4.78 is 0. The number of carbonyl (C=O) groups is 2. The molecule has 0 aliphatic rings. The summed E-state index contributed by atoms with van der Waals surface area (Å²) >= 11 is 0. The fourth-order valence-corrected chi connectivity index (χ4v) is 1.39. The van der Waals surface area contributed by atoms with Crippen LogP contribution in [-0.4, -0.2) is 51.3 Å². The molecule has 0 unspecified atom stereocenters. The van der Waals surface area contributed by atoms with Crippen molar-refractivity contribution in [1.82, 2.24) is 5.32 Å². The lowest BCUT2D eigenvalue weighted by Gasteiger charge is -2.13. The number of carbonyl (C=O) groups excluding carboxylic acids is 2. The largest absolute Gasteiger partial charge is 0.508 e. The first-order valence-corrected chi connectivity index (χ1v) is 5.44. The van der Waals surface area contributed by atoms with E-state index in [4.69, 9.17) is 10.2 Å². The van der Waals surface area contributed by atoms with Crippen LogP contribution in [0.15, 0.2) is 18.2 Å². The van der Waals surface area contributed by atoms with Gasteiger partial charge in [-0.2, -0.15) is 0 Å². The van der Waals surface area contributed by atoms with Crippen LogP contribution >= 0.6 is 0 Å². The summed E-state index contributed by atoms with van der Waals surface area (Å²) in [6.07, 6.45) is 0. The van der Waals surface area contributed by atoms with Crippen LogP contribution in [0.2, 0.25) is 0 Å². The Hall–Kier alpha value is -2.52. The van der Waals surface area contributed by atoms with Crippen LogP contribution in [0.3, 0.4) is 0 Å². The number of aromatic hydroxyl groups is 1. The Bertz CT molecular complexity index is 540. The highest BCUT2D eigenvalue weighted by Gasteiger charge is 2.22. The summed E-state index contributed by atoms with van der Waals surface area (Å²) in [4.78, 5) is 32.1. The first-order valence-electron chi connectivity index (χ1n) is 5.44. The van der Waals surface area contributed by atoms with Crippen molar-refractivity contribution < 1.29 is 29.8 Å². The molecule has 0 aromatic heterocycles. The molecule has 0 aliphatic carbocycles. The van der Waals surface area contributed by atoms with E-state index < -0.39 is 47.3 Å². The SMILES string of the molecule is O=C(NC(CO)CO)c1cc(O)cc(C(=O)[N+](=O)[O-])c1. The third kappa shape index (κ3) is 3.73. The van der Waals surface area contributed by atoms with Gasteiger partial charge in [0.15, 0.2) is 0 Å². The number of rotatable bonds is 5. The molecule has 1 aromatic rings. The smallest absolute Gasteiger partial charge is 0.476 e. The van der Waals surface area contributed by atoms with Crippen LogP contribution in [0.1, 0.15) is 20.7 Å². The maximum absolute atomic E-state index is 11.7. The molecule has 0 heterocycles. The molecular weight excluding hydrogens is 272 g/mol. The third-order valence-corrected chi connectivity index (χ3v) is 2.37. The Kier molecular flexibility index (Phi) is 5.12. The van der Waals surface area contributed by atoms with E-state index >= 15 is 0 Å². The average Bonchev–Trinajstić information content (AvgIpc) is 2.42. The highest BCUT2D eigenvalue weighted by molar-refractivity contribution is 5.98. The summed E-state index contributed by atoms with van der Waals surface area (Å²) in [7, 11) is 0. The summed E-state index contributed by atoms with van der Waals surface area (Å²) in [5, 5.41) is 39.6. The van der Waals surface area contributed by atoms with Gasteiger partial charge in [0.2, 0.25) is 0 Å². The summed E-state index contributed by atoms with van der Waals surface area (Å²) in [6, 6.07) is 1.88. The van der Waals surface area contributed by atoms with E-state index in [1.807, 2.05) is 0 Å². The van der Waals surface area contributed by atoms with E-state index in [0.717, 1.165) is 18.2 Å². The number of nitrogens with zero attached hydrogens (tertiary/aromatic N) is 1. The molecule has 1 aromatic carbocycles. The highest BCUT2D eigenvalue weighted by atomic mass is 16.6. The monoisotopic (exact) mass is 284 g/mol. The Morgan fingerprint density at radius 1 is 1.20 bits per heavy atom. The molecule has 1 rings (SSSR count). The van der Waals surface area contributed by atoms with Gasteiger partial charge < -0.3 is 20.6 Å². The van der Waals surface area contributed by atoms with Crippen LogP contribution in [0.5, 0.6) is 5.75 Å². The molecule has 4 N–H and O–H groups in total. The van der Waals surface area contributed by atoms with Gasteiger partial charge in [-0.1, -0.05) is 0 Å². The fourth-order valence-electron chi connectivity index (χ4n) is 1.39. The maximum atomic E-state index is 11.7. The minimum atomic E-state index is -1.46. The molecule has 0 saturated carbocycles. The van der Waals surface area contributed by atoms with Gasteiger partial charge in [-0.3, -0.25) is 14.9 Å². The molecule has 0 atom stereocenters. The number of hydrogen-bond acceptors (Lipinski definition) is 7. The zero-order valence-corrected chi connectivity index (χ0v) is 10.1. The second kappa shape index (κ2) is 6.59. The lowest BCUT2D eigenvalue weighted by Crippen LogP contribution is -2.40. The van der Waals surface area contributed by atoms with Crippen molar-refractivity contribution in [3.63, 3.8) is 0 Å². The van der Waals surface area contributed by atoms with E-state index in [1.54, 1.807) is 0 Å². The van der Waals surface area contributed by atoms with Gasteiger partial charge in [-0.25, -0.2) is 4.79 Å². The van der Waals surface area contributed by atoms with Crippen molar-refractivity contribution in [3.8, 4) is 5.75 Å². The second-order valence-electron chi connectivity index (χ2n) is 3.87. The summed E-state index contributed by atoms with van der Waals surface area (Å²) in [6.45, 7) is -1.02. The lowest BCUT2D eigenvalue weighted by atomic mass is 10.1. The average molecular weight is 284 g/mol. The molecule has 2 amide bonds. The van der Waals surface area contributed by atoms with Gasteiger partial charge in [0.05, 0.1) is 19.3 Å². The third-order valence-electron chi connectivity index (χ3n) is 2.37. The highest BCUT2D eigenvalue weighted by Crippen LogP contribution is 2.16. The van der Waals surface area contributed by atoms with Gasteiger partial charge in [-0.05, 0) is 18.2 Å². The molecule has 0 spiro atoms. The fraction of sp³-hybridized carbons (Fsp3) is 0.273. The number of benzene rings is 1. The second-order valence-corrected chi connectivity index (χ2v) is 3.87. The minimum Gasteiger partial charge on any atom is -0.508 e. The number of aliphatic hydroxyl groups excluding tert-OH is 2. The summed E-state index contributed by atoms with van der Waals surface area (Å²) in [5.41, 5.74) is -0.660. The van der Waals surface area contributed by atoms with Crippen molar-refractivity contribution >= 4 is 11.8 Å². The molecule has 0 bridgehead atoms. The molecule has 20 heavy (non-hydrogen) atoms. The Balaban J connectivity index is 3.04. The Morgan fingerprint density at radius 2 is 1.75 bits per heavy atom. The molecule has 108 valence electrons. The molecule has 0 aliphatic heterocycles. The van der Waals surface area contributed by atoms with Crippen molar-refractivity contribution in [3.05, 3.63) is 39.4 Å². The van der Waals surface area contributed by atoms with Crippen molar-refractivity contribution in [2.24, 2.45) is 0 Å². The predicted octanol–water partition coefficient (Wildman–Crippen LogP) is -1.11. The number of aliphatic hydroxyl groups is 2.